The minimum absolute atomic E-state index is 0. The number of hydrogen-bond acceptors (Lipinski definition) is 5. The molecule has 0 heterocycles. The molecule has 27 heavy (non-hydrogen) atoms. The van der Waals surface area contributed by atoms with Gasteiger partial charge >= 0.3 is 6.09 Å². The number of aliphatic imine (C=N–C) groups is 1. The van der Waals surface area contributed by atoms with Gasteiger partial charge in [-0.2, -0.15) is 0 Å². The van der Waals surface area contributed by atoms with Crippen LogP contribution in [0.1, 0.15) is 55.4 Å². The van der Waals surface area contributed by atoms with E-state index in [1.165, 1.54) is 0 Å². The molecule has 0 aromatic rings. The molecular weight excluding hydrogens is 483 g/mol. The number of carbonyl (C=O) groups is 1. The third-order valence-electron chi connectivity index (χ3n) is 3.36. The lowest BCUT2D eigenvalue weighted by atomic mass is 10.1. The van der Waals surface area contributed by atoms with Gasteiger partial charge in [-0.05, 0) is 55.4 Å². The molecule has 3 N–H and O–H groups in total. The molecule has 0 aliphatic rings. The van der Waals surface area contributed by atoms with Crippen LogP contribution < -0.4 is 16.0 Å². The van der Waals surface area contributed by atoms with Crippen molar-refractivity contribution in [1.82, 2.24) is 16.0 Å². The van der Waals surface area contributed by atoms with Crippen molar-refractivity contribution in [2.45, 2.75) is 71.3 Å². The fraction of sp³-hybridized carbons (Fsp3) is 0.882. The number of nitrogens with one attached hydrogen (secondary N) is 3. The summed E-state index contributed by atoms with van der Waals surface area (Å²) in [4.78, 5) is 16.0. The monoisotopic (exact) mass is 520 g/mol. The van der Waals surface area contributed by atoms with E-state index in [4.69, 9.17) is 4.74 Å². The van der Waals surface area contributed by atoms with Crippen LogP contribution in [0.3, 0.4) is 0 Å². The van der Waals surface area contributed by atoms with E-state index in [0.717, 1.165) is 0 Å². The van der Waals surface area contributed by atoms with E-state index in [9.17, 15) is 13.2 Å². The summed E-state index contributed by atoms with van der Waals surface area (Å²) in [5, 5.41) is 8.84. The fourth-order valence-electron chi connectivity index (χ4n) is 1.76. The van der Waals surface area contributed by atoms with Crippen LogP contribution in [-0.4, -0.2) is 62.2 Å². The van der Waals surface area contributed by atoms with Gasteiger partial charge < -0.3 is 20.7 Å². The lowest BCUT2D eigenvalue weighted by Gasteiger charge is -2.29. The number of ether oxygens (including phenoxy) is 1. The van der Waals surface area contributed by atoms with Crippen molar-refractivity contribution in [3.63, 3.8) is 0 Å². The molecule has 0 bridgehead atoms. The predicted octanol–water partition coefficient (Wildman–Crippen LogP) is 2.29. The standard InChI is InChI=1S/C17H36N4O4S.HI/c1-15(2,3)25-14(22)21-17(7,8)12-20-13(18-9)19-10-11-26(23,24)16(4,5)6;/h10-12H2,1-9H3,(H,21,22)(H2,18,19,20);1H. The number of amides is 1. The van der Waals surface area contributed by atoms with Crippen molar-refractivity contribution in [1.29, 1.82) is 0 Å². The average molecular weight is 520 g/mol. The number of sulfone groups is 1. The average Bonchev–Trinajstić information content (AvgIpc) is 2.38. The van der Waals surface area contributed by atoms with Crippen LogP contribution in [0.15, 0.2) is 4.99 Å². The summed E-state index contributed by atoms with van der Waals surface area (Å²) < 4.78 is 28.7. The molecule has 10 heteroatoms. The number of rotatable bonds is 6. The summed E-state index contributed by atoms with van der Waals surface area (Å²) in [6, 6.07) is 0. The van der Waals surface area contributed by atoms with E-state index in [-0.39, 0.29) is 36.3 Å². The molecule has 0 unspecified atom stereocenters. The van der Waals surface area contributed by atoms with Gasteiger partial charge in [-0.15, -0.1) is 24.0 Å². The van der Waals surface area contributed by atoms with E-state index in [2.05, 4.69) is 20.9 Å². The topological polar surface area (TPSA) is 109 Å². The van der Waals surface area contributed by atoms with Crippen LogP contribution in [-0.2, 0) is 14.6 Å². The van der Waals surface area contributed by atoms with Crippen LogP contribution in [0, 0.1) is 0 Å². The number of hydrogen-bond donors (Lipinski definition) is 3. The van der Waals surface area contributed by atoms with Gasteiger partial charge in [-0.25, -0.2) is 13.2 Å². The van der Waals surface area contributed by atoms with Crippen LogP contribution in [0.5, 0.6) is 0 Å². The Kier molecular flexibility index (Phi) is 11.2. The number of halogens is 1. The summed E-state index contributed by atoms with van der Waals surface area (Å²) in [5.41, 5.74) is -1.15. The number of alkyl carbamates (subject to hydrolysis) is 1. The molecule has 0 aromatic carbocycles. The maximum Gasteiger partial charge on any atom is 0.408 e. The number of guanidine groups is 1. The van der Waals surface area contributed by atoms with Gasteiger partial charge in [0.1, 0.15) is 5.60 Å². The second-order valence-electron chi connectivity index (χ2n) is 8.79. The van der Waals surface area contributed by atoms with E-state index in [1.807, 2.05) is 13.8 Å². The van der Waals surface area contributed by atoms with Crippen LogP contribution in [0.4, 0.5) is 4.79 Å². The summed E-state index contributed by atoms with van der Waals surface area (Å²) >= 11 is 0. The van der Waals surface area contributed by atoms with Crippen molar-refractivity contribution in [2.75, 3.05) is 25.9 Å². The molecule has 0 spiro atoms. The molecule has 0 aromatic heterocycles. The number of nitrogens with zero attached hydrogens (tertiary/aromatic N) is 1. The zero-order chi connectivity index (χ0) is 20.8. The minimum atomic E-state index is -3.20. The van der Waals surface area contributed by atoms with Crippen molar-refractivity contribution in [2.24, 2.45) is 4.99 Å². The van der Waals surface area contributed by atoms with E-state index in [1.54, 1.807) is 48.6 Å². The predicted molar refractivity (Wildman–Crippen MR) is 122 cm³/mol. The molecule has 0 saturated heterocycles. The Balaban J connectivity index is 0. The maximum absolute atomic E-state index is 12.1. The highest BCUT2D eigenvalue weighted by Gasteiger charge is 2.28. The Morgan fingerprint density at radius 1 is 1.00 bits per heavy atom. The zero-order valence-electron chi connectivity index (χ0n) is 18.0. The SMILES string of the molecule is CN=C(NCCS(=O)(=O)C(C)(C)C)NCC(C)(C)NC(=O)OC(C)(C)C.I. The normalized spacial score (nSPS) is 13.4. The smallest absolute Gasteiger partial charge is 0.408 e. The van der Waals surface area contributed by atoms with Gasteiger partial charge in [-0.1, -0.05) is 0 Å². The highest BCUT2D eigenvalue weighted by Crippen LogP contribution is 2.15. The molecule has 8 nitrogen and oxygen atoms in total. The molecule has 0 rings (SSSR count). The van der Waals surface area contributed by atoms with Crippen LogP contribution in [0.25, 0.3) is 0 Å². The summed E-state index contributed by atoms with van der Waals surface area (Å²) in [7, 11) is -1.60. The van der Waals surface area contributed by atoms with Gasteiger partial charge in [0.05, 0.1) is 16.0 Å². The first-order valence-corrected chi connectivity index (χ1v) is 10.3. The van der Waals surface area contributed by atoms with Crippen molar-refractivity contribution < 1.29 is 17.9 Å². The summed E-state index contributed by atoms with van der Waals surface area (Å²) in [5.74, 6) is 0.477. The van der Waals surface area contributed by atoms with Gasteiger partial charge in [-0.3, -0.25) is 4.99 Å². The lowest BCUT2D eigenvalue weighted by Crippen LogP contribution is -2.54. The molecule has 0 saturated carbocycles. The Morgan fingerprint density at radius 3 is 1.93 bits per heavy atom. The van der Waals surface area contributed by atoms with Crippen molar-refractivity contribution in [3.05, 3.63) is 0 Å². The Hall–Kier alpha value is -0.780. The van der Waals surface area contributed by atoms with Crippen LogP contribution >= 0.6 is 24.0 Å². The quantitative estimate of drug-likeness (QED) is 0.282. The van der Waals surface area contributed by atoms with Gasteiger partial charge in [0, 0.05) is 20.1 Å². The Bertz CT molecular complexity index is 605. The molecular formula is C17H37IN4O4S. The third-order valence-corrected chi connectivity index (χ3v) is 5.96. The molecule has 0 aliphatic heterocycles. The highest BCUT2D eigenvalue weighted by molar-refractivity contribution is 14.0. The molecule has 0 fully saturated rings. The largest absolute Gasteiger partial charge is 0.444 e. The summed E-state index contributed by atoms with van der Waals surface area (Å²) in [6.07, 6.45) is -0.497. The first-order valence-electron chi connectivity index (χ1n) is 8.67. The second kappa shape index (κ2) is 10.7. The fourth-order valence-corrected chi connectivity index (χ4v) is 2.74. The lowest BCUT2D eigenvalue weighted by molar-refractivity contribution is 0.0474. The number of carbonyl (C=O) groups excluding carboxylic acids is 1. The van der Waals surface area contributed by atoms with Crippen molar-refractivity contribution >= 4 is 45.9 Å². The molecule has 0 aliphatic carbocycles. The molecule has 162 valence electrons. The second-order valence-corrected chi connectivity index (χ2v) is 11.7. The van der Waals surface area contributed by atoms with E-state index < -0.39 is 31.8 Å². The minimum Gasteiger partial charge on any atom is -0.444 e. The van der Waals surface area contributed by atoms with Crippen LogP contribution in [0.2, 0.25) is 0 Å². The first-order chi connectivity index (χ1) is 11.5. The Labute approximate surface area is 181 Å². The van der Waals surface area contributed by atoms with Gasteiger partial charge in [0.25, 0.3) is 0 Å². The molecule has 0 radical (unpaired) electrons. The van der Waals surface area contributed by atoms with Gasteiger partial charge in [0.15, 0.2) is 15.8 Å². The van der Waals surface area contributed by atoms with E-state index in [0.29, 0.717) is 12.5 Å². The zero-order valence-corrected chi connectivity index (χ0v) is 21.2. The first kappa shape index (κ1) is 28.4. The Morgan fingerprint density at radius 2 is 1.52 bits per heavy atom. The maximum atomic E-state index is 12.1. The highest BCUT2D eigenvalue weighted by atomic mass is 127. The van der Waals surface area contributed by atoms with Gasteiger partial charge in [0.2, 0.25) is 0 Å². The third kappa shape index (κ3) is 12.3. The molecule has 1 amide bonds. The van der Waals surface area contributed by atoms with Crippen molar-refractivity contribution in [3.8, 4) is 0 Å². The summed E-state index contributed by atoms with van der Waals surface area (Å²) in [6.45, 7) is 14.8. The van der Waals surface area contributed by atoms with E-state index >= 15 is 0 Å². The molecule has 0 atom stereocenters.